The van der Waals surface area contributed by atoms with Crippen LogP contribution >= 0.6 is 22.7 Å². The van der Waals surface area contributed by atoms with Gasteiger partial charge >= 0.3 is 0 Å². The molecule has 2 N–H and O–H groups in total. The fourth-order valence-electron chi connectivity index (χ4n) is 2.86. The lowest BCUT2D eigenvalue weighted by Gasteiger charge is -2.16. The van der Waals surface area contributed by atoms with E-state index in [0.717, 1.165) is 14.7 Å². The van der Waals surface area contributed by atoms with Gasteiger partial charge in [-0.05, 0) is 36.1 Å². The lowest BCUT2D eigenvalue weighted by molar-refractivity contribution is -0.121. The van der Waals surface area contributed by atoms with Crippen LogP contribution in [0.1, 0.15) is 29.1 Å². The zero-order chi connectivity index (χ0) is 23.3. The smallest absolute Gasteiger partial charge is 0.242 e. The maximum atomic E-state index is 12.4. The van der Waals surface area contributed by atoms with Gasteiger partial charge in [0.2, 0.25) is 21.8 Å². The van der Waals surface area contributed by atoms with Crippen molar-refractivity contribution in [3.63, 3.8) is 0 Å². The van der Waals surface area contributed by atoms with Crippen LogP contribution in [0.25, 0.3) is 0 Å². The van der Waals surface area contributed by atoms with E-state index in [9.17, 15) is 18.0 Å². The number of sulfonamides is 1. The number of carbonyl (C=O) groups excluding carboxylic acids is 2. The number of thiazole rings is 1. The molecular weight excluding hydrogens is 468 g/mol. The van der Waals surface area contributed by atoms with E-state index < -0.39 is 10.0 Å². The van der Waals surface area contributed by atoms with Gasteiger partial charge in [-0.1, -0.05) is 18.2 Å². The van der Waals surface area contributed by atoms with Gasteiger partial charge in [-0.15, -0.1) is 22.7 Å². The third kappa shape index (κ3) is 6.22. The molecular formula is C21H24N4O4S3. The second kappa shape index (κ2) is 10.3. The third-order valence-corrected chi connectivity index (χ3v) is 8.10. The summed E-state index contributed by atoms with van der Waals surface area (Å²) in [7, 11) is -0.540. The average Bonchev–Trinajstić information content (AvgIpc) is 3.40. The maximum absolute atomic E-state index is 12.4. The first-order chi connectivity index (χ1) is 15.1. The molecule has 170 valence electrons. The van der Waals surface area contributed by atoms with Crippen LogP contribution in [0.4, 0.5) is 5.13 Å². The molecule has 0 aliphatic carbocycles. The Balaban J connectivity index is 1.52. The summed E-state index contributed by atoms with van der Waals surface area (Å²) >= 11 is 2.79. The number of amides is 2. The molecule has 2 amide bonds. The molecule has 0 bridgehead atoms. The second-order valence-corrected chi connectivity index (χ2v) is 11.3. The van der Waals surface area contributed by atoms with Crippen molar-refractivity contribution < 1.29 is 18.0 Å². The van der Waals surface area contributed by atoms with Crippen molar-refractivity contribution in [3.05, 3.63) is 63.3 Å². The van der Waals surface area contributed by atoms with Crippen LogP contribution in [0.2, 0.25) is 0 Å². The Labute approximate surface area is 195 Å². The van der Waals surface area contributed by atoms with E-state index in [1.807, 2.05) is 24.4 Å². The van der Waals surface area contributed by atoms with Gasteiger partial charge in [0.05, 0.1) is 29.5 Å². The van der Waals surface area contributed by atoms with Crippen LogP contribution in [-0.4, -0.2) is 43.6 Å². The lowest BCUT2D eigenvalue weighted by Crippen LogP contribution is -2.28. The SMILES string of the molecule is CC(NC(=O)Cc1csc(NC(=O)Cc2cccs2)n1)c1ccc(S(=O)(=O)N(C)C)cc1. The van der Waals surface area contributed by atoms with Crippen molar-refractivity contribution in [2.45, 2.75) is 30.7 Å². The largest absolute Gasteiger partial charge is 0.349 e. The summed E-state index contributed by atoms with van der Waals surface area (Å²) in [5, 5.41) is 9.76. The highest BCUT2D eigenvalue weighted by Crippen LogP contribution is 2.20. The number of hydrogen-bond acceptors (Lipinski definition) is 7. The highest BCUT2D eigenvalue weighted by molar-refractivity contribution is 7.89. The monoisotopic (exact) mass is 492 g/mol. The minimum absolute atomic E-state index is 0.0781. The van der Waals surface area contributed by atoms with Crippen molar-refractivity contribution in [1.82, 2.24) is 14.6 Å². The summed E-state index contributed by atoms with van der Waals surface area (Å²) in [5.41, 5.74) is 1.36. The molecule has 32 heavy (non-hydrogen) atoms. The lowest BCUT2D eigenvalue weighted by atomic mass is 10.1. The first kappa shape index (κ1) is 24.1. The third-order valence-electron chi connectivity index (χ3n) is 4.59. The number of hydrogen-bond donors (Lipinski definition) is 2. The molecule has 0 saturated heterocycles. The van der Waals surface area contributed by atoms with Gasteiger partial charge < -0.3 is 10.6 Å². The molecule has 0 fully saturated rings. The zero-order valence-electron chi connectivity index (χ0n) is 17.9. The van der Waals surface area contributed by atoms with E-state index in [2.05, 4.69) is 15.6 Å². The van der Waals surface area contributed by atoms with Crippen LogP contribution in [0.3, 0.4) is 0 Å². The first-order valence-electron chi connectivity index (χ1n) is 9.73. The molecule has 1 unspecified atom stereocenters. The van der Waals surface area contributed by atoms with E-state index in [1.165, 1.54) is 48.9 Å². The number of rotatable bonds is 9. The van der Waals surface area contributed by atoms with Gasteiger partial charge in [0.15, 0.2) is 5.13 Å². The van der Waals surface area contributed by atoms with Gasteiger partial charge in [0.1, 0.15) is 0 Å². The number of benzene rings is 1. The Kier molecular flexibility index (Phi) is 7.77. The molecule has 0 aliphatic heterocycles. The molecule has 0 aliphatic rings. The van der Waals surface area contributed by atoms with Crippen molar-refractivity contribution in [3.8, 4) is 0 Å². The highest BCUT2D eigenvalue weighted by Gasteiger charge is 2.18. The van der Waals surface area contributed by atoms with Crippen molar-refractivity contribution in [2.75, 3.05) is 19.4 Å². The number of nitrogens with one attached hydrogen (secondary N) is 2. The maximum Gasteiger partial charge on any atom is 0.242 e. The zero-order valence-corrected chi connectivity index (χ0v) is 20.3. The second-order valence-electron chi connectivity index (χ2n) is 7.27. The molecule has 8 nitrogen and oxygen atoms in total. The van der Waals surface area contributed by atoms with E-state index in [1.54, 1.807) is 17.5 Å². The Morgan fingerprint density at radius 1 is 1.06 bits per heavy atom. The molecule has 1 atom stereocenters. The van der Waals surface area contributed by atoms with Crippen LogP contribution in [0, 0.1) is 0 Å². The standard InChI is InChI=1S/C21H24N4O4S3/c1-14(15-6-8-18(9-7-15)32(28,29)25(2)3)22-19(26)11-16-13-31-21(23-16)24-20(27)12-17-5-4-10-30-17/h4-10,13-14H,11-12H2,1-3H3,(H,22,26)(H,23,24,27). The van der Waals surface area contributed by atoms with Crippen LogP contribution in [0.5, 0.6) is 0 Å². The highest BCUT2D eigenvalue weighted by atomic mass is 32.2. The molecule has 2 aromatic heterocycles. The quantitative estimate of drug-likeness (QED) is 0.477. The van der Waals surface area contributed by atoms with E-state index in [-0.39, 0.29) is 29.2 Å². The summed E-state index contributed by atoms with van der Waals surface area (Å²) in [6, 6.07) is 9.92. The number of aromatic nitrogens is 1. The minimum atomic E-state index is -3.49. The molecule has 1 aromatic carbocycles. The molecule has 3 rings (SSSR count). The number of anilines is 1. The Morgan fingerprint density at radius 2 is 1.78 bits per heavy atom. The van der Waals surface area contributed by atoms with Crippen LogP contribution in [0.15, 0.2) is 52.1 Å². The predicted octanol–water partition coefficient (Wildman–Crippen LogP) is 3.06. The molecule has 3 aromatic rings. The minimum Gasteiger partial charge on any atom is -0.349 e. The fourth-order valence-corrected chi connectivity index (χ4v) is 5.19. The Bertz CT molecular complexity index is 1170. The summed E-state index contributed by atoms with van der Waals surface area (Å²) in [6.45, 7) is 1.82. The van der Waals surface area contributed by atoms with E-state index in [4.69, 9.17) is 0 Å². The van der Waals surface area contributed by atoms with E-state index >= 15 is 0 Å². The first-order valence-corrected chi connectivity index (χ1v) is 12.9. The summed E-state index contributed by atoms with van der Waals surface area (Å²) in [5.74, 6) is -0.365. The predicted molar refractivity (Wildman–Crippen MR) is 126 cm³/mol. The van der Waals surface area contributed by atoms with Crippen LogP contribution in [-0.2, 0) is 32.5 Å². The van der Waals surface area contributed by atoms with Gasteiger partial charge in [-0.3, -0.25) is 9.59 Å². The Morgan fingerprint density at radius 3 is 2.41 bits per heavy atom. The molecule has 0 spiro atoms. The van der Waals surface area contributed by atoms with Crippen molar-refractivity contribution in [1.29, 1.82) is 0 Å². The molecule has 2 heterocycles. The topological polar surface area (TPSA) is 108 Å². The van der Waals surface area contributed by atoms with Crippen molar-refractivity contribution in [2.24, 2.45) is 0 Å². The van der Waals surface area contributed by atoms with Crippen molar-refractivity contribution >= 4 is 49.6 Å². The van der Waals surface area contributed by atoms with Crippen LogP contribution < -0.4 is 10.6 Å². The van der Waals surface area contributed by atoms with Gasteiger partial charge in [-0.2, -0.15) is 0 Å². The molecule has 0 radical (unpaired) electrons. The number of thiophene rings is 1. The molecule has 0 saturated carbocycles. The van der Waals surface area contributed by atoms with Gasteiger partial charge in [-0.25, -0.2) is 17.7 Å². The average molecular weight is 493 g/mol. The summed E-state index contributed by atoms with van der Waals surface area (Å²) in [6.07, 6.45) is 0.369. The number of nitrogens with zero attached hydrogens (tertiary/aromatic N) is 2. The summed E-state index contributed by atoms with van der Waals surface area (Å²) in [4.78, 5) is 30.0. The molecule has 11 heteroatoms. The van der Waals surface area contributed by atoms with Gasteiger partial charge in [0.25, 0.3) is 0 Å². The van der Waals surface area contributed by atoms with Gasteiger partial charge in [0, 0.05) is 24.4 Å². The summed E-state index contributed by atoms with van der Waals surface area (Å²) < 4.78 is 25.5. The fraction of sp³-hybridized carbons (Fsp3) is 0.286. The Hall–Kier alpha value is -2.60. The normalized spacial score (nSPS) is 12.5. The number of carbonyl (C=O) groups is 2. The van der Waals surface area contributed by atoms with E-state index in [0.29, 0.717) is 17.2 Å².